The number of nitrogens with one attached hydrogen (secondary N) is 1. The molecule has 6 nitrogen and oxygen atoms in total. The molecular formula is C21H25N3O3S. The molecule has 0 unspecified atom stereocenters. The summed E-state index contributed by atoms with van der Waals surface area (Å²) < 4.78 is 0. The van der Waals surface area contributed by atoms with Crippen molar-refractivity contribution in [1.82, 2.24) is 10.2 Å². The maximum Gasteiger partial charge on any atom is 0.269 e. The second-order valence-electron chi connectivity index (χ2n) is 6.98. The van der Waals surface area contributed by atoms with Crippen molar-refractivity contribution in [2.24, 2.45) is 0 Å². The minimum absolute atomic E-state index is 0.0423. The zero-order chi connectivity index (χ0) is 19.9. The van der Waals surface area contributed by atoms with Crippen LogP contribution in [0.3, 0.4) is 0 Å². The maximum atomic E-state index is 12.5. The van der Waals surface area contributed by atoms with Gasteiger partial charge in [-0.15, -0.1) is 11.8 Å². The summed E-state index contributed by atoms with van der Waals surface area (Å²) in [5.74, 6) is -0.0423. The number of thioether (sulfide) groups is 1. The molecule has 148 valence electrons. The summed E-state index contributed by atoms with van der Waals surface area (Å²) in [5, 5.41) is 13.5. The highest BCUT2D eigenvalue weighted by atomic mass is 32.2. The highest BCUT2D eigenvalue weighted by Gasteiger charge is 2.17. The van der Waals surface area contributed by atoms with Crippen molar-refractivity contribution < 1.29 is 9.72 Å². The molecule has 3 rings (SSSR count). The molecular weight excluding hydrogens is 374 g/mol. The van der Waals surface area contributed by atoms with Gasteiger partial charge in [0.15, 0.2) is 0 Å². The number of likely N-dealkylation sites (tertiary alicyclic amines) is 1. The summed E-state index contributed by atoms with van der Waals surface area (Å²) in [7, 11) is 0. The predicted molar refractivity (Wildman–Crippen MR) is 111 cm³/mol. The van der Waals surface area contributed by atoms with Crippen molar-refractivity contribution in [2.75, 3.05) is 13.1 Å². The van der Waals surface area contributed by atoms with Gasteiger partial charge in [0.1, 0.15) is 0 Å². The fourth-order valence-electron chi connectivity index (χ4n) is 3.30. The first-order chi connectivity index (χ1) is 13.5. The van der Waals surface area contributed by atoms with Crippen molar-refractivity contribution in [3.63, 3.8) is 0 Å². The second-order valence-corrected chi connectivity index (χ2v) is 8.40. The van der Waals surface area contributed by atoms with Crippen molar-refractivity contribution in [1.29, 1.82) is 0 Å². The number of rotatable bonds is 8. The largest absolute Gasteiger partial charge is 0.351 e. The molecule has 0 bridgehead atoms. The first-order valence-electron chi connectivity index (χ1n) is 9.51. The van der Waals surface area contributed by atoms with E-state index in [-0.39, 0.29) is 16.8 Å². The molecule has 1 saturated heterocycles. The topological polar surface area (TPSA) is 75.5 Å². The van der Waals surface area contributed by atoms with E-state index < -0.39 is 4.92 Å². The zero-order valence-electron chi connectivity index (χ0n) is 16.0. The van der Waals surface area contributed by atoms with Gasteiger partial charge in [-0.05, 0) is 56.1 Å². The molecule has 1 amide bonds. The van der Waals surface area contributed by atoms with Crippen LogP contribution in [0.1, 0.15) is 30.9 Å². The summed E-state index contributed by atoms with van der Waals surface area (Å²) in [5.41, 5.74) is 2.46. The van der Waals surface area contributed by atoms with Crippen LogP contribution in [0, 0.1) is 10.1 Å². The third-order valence-corrected chi connectivity index (χ3v) is 6.01. The Balaban J connectivity index is 1.54. The van der Waals surface area contributed by atoms with Crippen molar-refractivity contribution >= 4 is 23.4 Å². The van der Waals surface area contributed by atoms with E-state index in [0.29, 0.717) is 6.54 Å². The fraction of sp³-hybridized carbons (Fsp3) is 0.381. The van der Waals surface area contributed by atoms with Crippen LogP contribution in [0.4, 0.5) is 5.69 Å². The summed E-state index contributed by atoms with van der Waals surface area (Å²) in [6.07, 6.45) is 2.52. The number of non-ortho nitro benzene ring substituents is 1. The summed E-state index contributed by atoms with van der Waals surface area (Å²) in [6, 6.07) is 14.5. The normalized spacial score (nSPS) is 15.3. The Morgan fingerprint density at radius 3 is 2.43 bits per heavy atom. The quantitative estimate of drug-likeness (QED) is 0.413. The molecule has 0 saturated carbocycles. The molecule has 1 fully saturated rings. The molecule has 1 aliphatic rings. The van der Waals surface area contributed by atoms with Gasteiger partial charge >= 0.3 is 0 Å². The number of nitrogens with zero attached hydrogens (tertiary/aromatic N) is 2. The van der Waals surface area contributed by atoms with Crippen LogP contribution >= 0.6 is 11.8 Å². The number of carbonyl (C=O) groups is 1. The van der Waals surface area contributed by atoms with Gasteiger partial charge in [0.25, 0.3) is 5.69 Å². The Labute approximate surface area is 169 Å². The smallest absolute Gasteiger partial charge is 0.269 e. The summed E-state index contributed by atoms with van der Waals surface area (Å²) >= 11 is 1.39. The first kappa shape index (κ1) is 20.4. The van der Waals surface area contributed by atoms with Crippen LogP contribution in [0.15, 0.2) is 53.4 Å². The monoisotopic (exact) mass is 399 g/mol. The maximum absolute atomic E-state index is 12.5. The van der Waals surface area contributed by atoms with Gasteiger partial charge in [0.05, 0.1) is 10.2 Å². The van der Waals surface area contributed by atoms with Crippen molar-refractivity contribution in [3.05, 3.63) is 69.8 Å². The van der Waals surface area contributed by atoms with Gasteiger partial charge in [-0.25, -0.2) is 0 Å². The van der Waals surface area contributed by atoms with E-state index in [9.17, 15) is 14.9 Å². The van der Waals surface area contributed by atoms with Crippen LogP contribution in [0.5, 0.6) is 0 Å². The Hall–Kier alpha value is -2.38. The molecule has 1 aliphatic heterocycles. The van der Waals surface area contributed by atoms with E-state index in [1.165, 1.54) is 42.3 Å². The predicted octanol–water partition coefficient (Wildman–Crippen LogP) is 3.99. The summed E-state index contributed by atoms with van der Waals surface area (Å²) in [4.78, 5) is 26.1. The first-order valence-corrected chi connectivity index (χ1v) is 10.4. The average molecular weight is 400 g/mol. The SMILES string of the molecule is C[C@@H](Sc1ccc([N+](=O)[O-])cc1)C(=O)NCc1ccccc1CN1CCCC1. The number of carbonyl (C=O) groups excluding carboxylic acids is 1. The lowest BCUT2D eigenvalue weighted by molar-refractivity contribution is -0.384. The lowest BCUT2D eigenvalue weighted by atomic mass is 10.1. The highest BCUT2D eigenvalue weighted by Crippen LogP contribution is 2.25. The van der Waals surface area contributed by atoms with E-state index in [1.807, 2.05) is 19.1 Å². The van der Waals surface area contributed by atoms with Crippen LogP contribution in [-0.2, 0) is 17.9 Å². The van der Waals surface area contributed by atoms with Gasteiger partial charge in [0, 0.05) is 30.1 Å². The molecule has 2 aromatic rings. The number of nitro benzene ring substituents is 1. The van der Waals surface area contributed by atoms with E-state index in [4.69, 9.17) is 0 Å². The average Bonchev–Trinajstić information content (AvgIpc) is 3.20. The Morgan fingerprint density at radius 2 is 1.79 bits per heavy atom. The Bertz CT molecular complexity index is 820. The van der Waals surface area contributed by atoms with Gasteiger partial charge in [0.2, 0.25) is 5.91 Å². The molecule has 0 spiro atoms. The molecule has 7 heteroatoms. The van der Waals surface area contributed by atoms with E-state index >= 15 is 0 Å². The number of amides is 1. The molecule has 1 N–H and O–H groups in total. The zero-order valence-corrected chi connectivity index (χ0v) is 16.8. The molecule has 0 aromatic heterocycles. The van der Waals surface area contributed by atoms with Gasteiger partial charge in [-0.2, -0.15) is 0 Å². The third kappa shape index (κ3) is 5.56. The number of hydrogen-bond acceptors (Lipinski definition) is 5. The van der Waals surface area contributed by atoms with Crippen molar-refractivity contribution in [3.8, 4) is 0 Å². The Kier molecular flexibility index (Phi) is 7.06. The molecule has 0 radical (unpaired) electrons. The number of benzene rings is 2. The van der Waals surface area contributed by atoms with Gasteiger partial charge in [-0.1, -0.05) is 24.3 Å². The molecule has 0 aliphatic carbocycles. The van der Waals surface area contributed by atoms with Crippen LogP contribution in [-0.4, -0.2) is 34.1 Å². The second kappa shape index (κ2) is 9.71. The van der Waals surface area contributed by atoms with E-state index in [1.54, 1.807) is 12.1 Å². The van der Waals surface area contributed by atoms with Crippen LogP contribution in [0.25, 0.3) is 0 Å². The van der Waals surface area contributed by atoms with Gasteiger partial charge in [-0.3, -0.25) is 19.8 Å². The molecule has 1 heterocycles. The standard InChI is InChI=1S/C21H25N3O3S/c1-16(28-20-10-8-19(9-11-20)24(26)27)21(25)22-14-17-6-2-3-7-18(17)15-23-12-4-5-13-23/h2-3,6-11,16H,4-5,12-15H2,1H3,(H,22,25)/t16-/m1/s1. The minimum atomic E-state index is -0.426. The fourth-order valence-corrected chi connectivity index (χ4v) is 4.19. The van der Waals surface area contributed by atoms with Gasteiger partial charge < -0.3 is 5.32 Å². The van der Waals surface area contributed by atoms with Crippen molar-refractivity contribution in [2.45, 2.75) is 43.0 Å². The molecule has 28 heavy (non-hydrogen) atoms. The Morgan fingerprint density at radius 1 is 1.14 bits per heavy atom. The van der Waals surface area contributed by atoms with Crippen LogP contribution < -0.4 is 5.32 Å². The lowest BCUT2D eigenvalue weighted by Gasteiger charge is -2.18. The van der Waals surface area contributed by atoms with Crippen LogP contribution in [0.2, 0.25) is 0 Å². The number of nitro groups is 1. The van der Waals surface area contributed by atoms with E-state index in [2.05, 4.69) is 22.3 Å². The lowest BCUT2D eigenvalue weighted by Crippen LogP contribution is -2.31. The number of hydrogen-bond donors (Lipinski definition) is 1. The van der Waals surface area contributed by atoms with E-state index in [0.717, 1.165) is 30.1 Å². The third-order valence-electron chi connectivity index (χ3n) is 4.89. The molecule has 1 atom stereocenters. The minimum Gasteiger partial charge on any atom is -0.351 e. The highest BCUT2D eigenvalue weighted by molar-refractivity contribution is 8.00. The molecule has 2 aromatic carbocycles. The summed E-state index contributed by atoms with van der Waals surface area (Å²) in [6.45, 7) is 5.57.